The van der Waals surface area contributed by atoms with Crippen molar-refractivity contribution in [1.82, 2.24) is 10.6 Å². The molecule has 0 radical (unpaired) electrons. The average molecular weight is 354 g/mol. The first-order chi connectivity index (χ1) is 12.2. The molecule has 0 bridgehead atoms. The first kappa shape index (κ1) is 15.5. The second kappa shape index (κ2) is 6.45. The van der Waals surface area contributed by atoms with Gasteiger partial charge in [0.05, 0.1) is 0 Å². The predicted molar refractivity (Wildman–Crippen MR) is 95.7 cm³/mol. The Morgan fingerprint density at radius 1 is 1.08 bits per heavy atom. The van der Waals surface area contributed by atoms with Crippen molar-refractivity contribution >= 4 is 34.2 Å². The number of rotatable bonds is 3. The van der Waals surface area contributed by atoms with Crippen LogP contribution in [-0.4, -0.2) is 17.8 Å². The van der Waals surface area contributed by atoms with Crippen LogP contribution in [0.1, 0.15) is 16.1 Å². The van der Waals surface area contributed by atoms with Crippen molar-refractivity contribution in [3.63, 3.8) is 0 Å². The fourth-order valence-corrected chi connectivity index (χ4v) is 2.70. The number of hydrogen-bond acceptors (Lipinski definition) is 5. The summed E-state index contributed by atoms with van der Waals surface area (Å²) in [5.41, 5.74) is 1.62. The van der Waals surface area contributed by atoms with E-state index in [9.17, 15) is 4.79 Å². The van der Waals surface area contributed by atoms with Gasteiger partial charge in [-0.25, -0.2) is 0 Å². The lowest BCUT2D eigenvalue weighted by Gasteiger charge is -2.09. The molecule has 3 aromatic rings. The summed E-state index contributed by atoms with van der Waals surface area (Å²) in [6.45, 7) is 0.689. The Balaban J connectivity index is 1.36. The van der Waals surface area contributed by atoms with Gasteiger partial charge in [-0.15, -0.1) is 0 Å². The molecule has 0 atom stereocenters. The molecule has 7 heteroatoms. The molecule has 4 rings (SSSR count). The van der Waals surface area contributed by atoms with Gasteiger partial charge in [0.15, 0.2) is 22.4 Å². The third-order valence-electron chi connectivity index (χ3n) is 3.77. The highest BCUT2D eigenvalue weighted by atomic mass is 32.1. The summed E-state index contributed by atoms with van der Waals surface area (Å²) >= 11 is 5.17. The molecular formula is C18H14N2O4S. The molecule has 0 aliphatic carbocycles. The lowest BCUT2D eigenvalue weighted by atomic mass is 10.2. The van der Waals surface area contributed by atoms with E-state index in [1.54, 1.807) is 6.07 Å². The van der Waals surface area contributed by atoms with E-state index in [0.717, 1.165) is 16.7 Å². The molecule has 1 amide bonds. The van der Waals surface area contributed by atoms with Crippen LogP contribution in [0, 0.1) is 0 Å². The van der Waals surface area contributed by atoms with E-state index in [2.05, 4.69) is 10.6 Å². The fourth-order valence-electron chi connectivity index (χ4n) is 2.54. The van der Waals surface area contributed by atoms with Gasteiger partial charge < -0.3 is 19.2 Å². The Hall–Kier alpha value is -3.06. The van der Waals surface area contributed by atoms with E-state index in [1.807, 2.05) is 42.5 Å². The Morgan fingerprint density at radius 2 is 1.92 bits per heavy atom. The van der Waals surface area contributed by atoms with E-state index in [-0.39, 0.29) is 23.6 Å². The zero-order valence-corrected chi connectivity index (χ0v) is 13.9. The number of furan rings is 1. The van der Waals surface area contributed by atoms with E-state index in [1.165, 1.54) is 0 Å². The third-order valence-corrected chi connectivity index (χ3v) is 4.01. The predicted octanol–water partition coefficient (Wildman–Crippen LogP) is 2.97. The van der Waals surface area contributed by atoms with Crippen molar-refractivity contribution < 1.29 is 18.7 Å². The number of thiocarbonyl (C=S) groups is 1. The SMILES string of the molecule is O=C(NC(=S)NCc1ccc2c(c1)OCO2)c1cc2ccccc2o1. The molecule has 2 heterocycles. The third kappa shape index (κ3) is 3.27. The second-order valence-corrected chi connectivity index (χ2v) is 5.88. The number of carbonyl (C=O) groups excluding carboxylic acids is 1. The number of fused-ring (bicyclic) bond motifs is 2. The molecule has 1 aliphatic rings. The van der Waals surface area contributed by atoms with Gasteiger partial charge in [-0.3, -0.25) is 10.1 Å². The lowest BCUT2D eigenvalue weighted by molar-refractivity contribution is 0.0951. The minimum Gasteiger partial charge on any atom is -0.454 e. The van der Waals surface area contributed by atoms with Gasteiger partial charge in [-0.2, -0.15) is 0 Å². The van der Waals surface area contributed by atoms with Gasteiger partial charge in [-0.1, -0.05) is 24.3 Å². The lowest BCUT2D eigenvalue weighted by Crippen LogP contribution is -2.38. The van der Waals surface area contributed by atoms with E-state index >= 15 is 0 Å². The number of hydrogen-bond donors (Lipinski definition) is 2. The number of carbonyl (C=O) groups is 1. The molecule has 0 saturated heterocycles. The van der Waals surface area contributed by atoms with Crippen LogP contribution in [0.25, 0.3) is 11.0 Å². The van der Waals surface area contributed by atoms with Crippen molar-refractivity contribution in [3.05, 3.63) is 59.9 Å². The Bertz CT molecular complexity index is 934. The summed E-state index contributed by atoms with van der Waals surface area (Å²) < 4.78 is 16.1. The van der Waals surface area contributed by atoms with Crippen molar-refractivity contribution in [2.75, 3.05) is 6.79 Å². The average Bonchev–Trinajstić information content (AvgIpc) is 3.25. The standard InChI is InChI=1S/C18H14N2O4S/c21-17(16-8-12-3-1-2-4-13(12)24-16)20-18(25)19-9-11-5-6-14-15(7-11)23-10-22-14/h1-8H,9-10H2,(H2,19,20,21,25). The maximum absolute atomic E-state index is 12.2. The van der Waals surface area contributed by atoms with Crippen LogP contribution < -0.4 is 20.1 Å². The minimum atomic E-state index is -0.389. The Morgan fingerprint density at radius 3 is 2.80 bits per heavy atom. The summed E-state index contributed by atoms with van der Waals surface area (Å²) in [6, 6.07) is 14.7. The molecule has 0 spiro atoms. The van der Waals surface area contributed by atoms with Gasteiger partial charge in [0, 0.05) is 11.9 Å². The quantitative estimate of drug-likeness (QED) is 0.705. The summed E-state index contributed by atoms with van der Waals surface area (Å²) in [5, 5.41) is 6.69. The molecule has 0 fully saturated rings. The molecule has 126 valence electrons. The smallest absolute Gasteiger partial charge is 0.293 e. The van der Waals surface area contributed by atoms with Crippen LogP contribution in [0.15, 0.2) is 52.9 Å². The van der Waals surface area contributed by atoms with Gasteiger partial charge in [0.1, 0.15) is 5.58 Å². The number of nitrogens with one attached hydrogen (secondary N) is 2. The second-order valence-electron chi connectivity index (χ2n) is 5.47. The van der Waals surface area contributed by atoms with Crippen LogP contribution >= 0.6 is 12.2 Å². The van der Waals surface area contributed by atoms with Gasteiger partial charge in [0.25, 0.3) is 5.91 Å². The summed E-state index contributed by atoms with van der Waals surface area (Å²) in [4.78, 5) is 12.2. The van der Waals surface area contributed by atoms with Gasteiger partial charge >= 0.3 is 0 Å². The van der Waals surface area contributed by atoms with Crippen LogP contribution in [0.5, 0.6) is 11.5 Å². The fraction of sp³-hybridized carbons (Fsp3) is 0.111. The van der Waals surface area contributed by atoms with Crippen LogP contribution in [0.3, 0.4) is 0 Å². The normalized spacial score (nSPS) is 12.2. The van der Waals surface area contributed by atoms with Crippen molar-refractivity contribution in [2.45, 2.75) is 6.54 Å². The highest BCUT2D eigenvalue weighted by Gasteiger charge is 2.15. The van der Waals surface area contributed by atoms with Crippen LogP contribution in [0.2, 0.25) is 0 Å². The van der Waals surface area contributed by atoms with Crippen molar-refractivity contribution in [2.24, 2.45) is 0 Å². The Labute approximate surface area is 148 Å². The van der Waals surface area contributed by atoms with Crippen LogP contribution in [-0.2, 0) is 6.54 Å². The topological polar surface area (TPSA) is 72.7 Å². The molecule has 2 N–H and O–H groups in total. The maximum atomic E-state index is 12.2. The zero-order chi connectivity index (χ0) is 17.2. The molecule has 25 heavy (non-hydrogen) atoms. The highest BCUT2D eigenvalue weighted by molar-refractivity contribution is 7.80. The summed E-state index contributed by atoms with van der Waals surface area (Å²) in [5.74, 6) is 1.26. The van der Waals surface area contributed by atoms with Gasteiger partial charge in [-0.05, 0) is 42.0 Å². The Kier molecular flexibility index (Phi) is 3.99. The summed E-state index contributed by atoms with van der Waals surface area (Å²) in [7, 11) is 0. The molecule has 6 nitrogen and oxygen atoms in total. The van der Waals surface area contributed by atoms with E-state index in [4.69, 9.17) is 26.1 Å². The van der Waals surface area contributed by atoms with E-state index < -0.39 is 0 Å². The molecule has 0 saturated carbocycles. The monoisotopic (exact) mass is 354 g/mol. The largest absolute Gasteiger partial charge is 0.454 e. The first-order valence-corrected chi connectivity index (χ1v) is 8.06. The molecule has 0 unspecified atom stereocenters. The number of ether oxygens (including phenoxy) is 2. The molecule has 1 aliphatic heterocycles. The summed E-state index contributed by atoms with van der Waals surface area (Å²) in [6.07, 6.45) is 0. The van der Waals surface area contributed by atoms with Crippen molar-refractivity contribution in [3.8, 4) is 11.5 Å². The van der Waals surface area contributed by atoms with Crippen LogP contribution in [0.4, 0.5) is 0 Å². The molecular weight excluding hydrogens is 340 g/mol. The number of para-hydroxylation sites is 1. The minimum absolute atomic E-state index is 0.216. The highest BCUT2D eigenvalue weighted by Crippen LogP contribution is 2.32. The zero-order valence-electron chi connectivity index (χ0n) is 13.1. The first-order valence-electron chi connectivity index (χ1n) is 7.65. The molecule has 2 aromatic carbocycles. The number of amides is 1. The van der Waals surface area contributed by atoms with Crippen molar-refractivity contribution in [1.29, 1.82) is 0 Å². The van der Waals surface area contributed by atoms with Gasteiger partial charge in [0.2, 0.25) is 6.79 Å². The van der Waals surface area contributed by atoms with E-state index in [0.29, 0.717) is 17.9 Å². The maximum Gasteiger partial charge on any atom is 0.293 e. The number of benzene rings is 2. The molecule has 1 aromatic heterocycles.